The van der Waals surface area contributed by atoms with E-state index in [0.29, 0.717) is 4.88 Å². The van der Waals surface area contributed by atoms with Gasteiger partial charge in [-0.2, -0.15) is 13.2 Å². The van der Waals surface area contributed by atoms with Gasteiger partial charge in [0.1, 0.15) is 5.54 Å². The van der Waals surface area contributed by atoms with E-state index >= 15 is 0 Å². The van der Waals surface area contributed by atoms with E-state index in [-0.39, 0.29) is 12.8 Å². The van der Waals surface area contributed by atoms with Gasteiger partial charge in [-0.25, -0.2) is 9.59 Å². The lowest BCUT2D eigenvalue weighted by Gasteiger charge is -2.22. The van der Waals surface area contributed by atoms with Crippen molar-refractivity contribution in [2.24, 2.45) is 0 Å². The van der Waals surface area contributed by atoms with Crippen LogP contribution in [-0.2, 0) is 4.79 Å². The minimum atomic E-state index is -4.54. The second-order valence-corrected chi connectivity index (χ2v) is 5.44. The van der Waals surface area contributed by atoms with Crippen LogP contribution in [0.25, 0.3) is 0 Å². The van der Waals surface area contributed by atoms with Crippen LogP contribution in [0.3, 0.4) is 0 Å². The first-order valence-corrected chi connectivity index (χ1v) is 6.55. The van der Waals surface area contributed by atoms with E-state index in [4.69, 9.17) is 5.11 Å². The van der Waals surface area contributed by atoms with Crippen molar-refractivity contribution in [3.63, 3.8) is 0 Å². The van der Waals surface area contributed by atoms with Gasteiger partial charge in [-0.05, 0) is 24.3 Å². The van der Waals surface area contributed by atoms with Crippen molar-refractivity contribution in [1.82, 2.24) is 10.6 Å². The molecule has 1 aliphatic carbocycles. The molecule has 0 aromatic carbocycles. The highest BCUT2D eigenvalue weighted by atomic mass is 32.1. The second-order valence-electron chi connectivity index (χ2n) is 4.46. The van der Waals surface area contributed by atoms with Crippen molar-refractivity contribution >= 4 is 23.3 Å². The number of carbonyl (C=O) groups excluding carboxylic acids is 1. The topological polar surface area (TPSA) is 78.4 Å². The molecule has 0 spiro atoms. The number of carboxylic acid groups (broad SMARTS) is 1. The molecule has 1 saturated carbocycles. The zero-order chi connectivity index (χ0) is 15.0. The van der Waals surface area contributed by atoms with Crippen LogP contribution in [0.15, 0.2) is 17.5 Å². The van der Waals surface area contributed by atoms with Gasteiger partial charge in [-0.3, -0.25) is 0 Å². The highest BCUT2D eigenvalue weighted by Crippen LogP contribution is 2.48. The highest BCUT2D eigenvalue weighted by Gasteiger charge is 2.64. The first-order valence-electron chi connectivity index (χ1n) is 5.67. The number of rotatable bonds is 4. The van der Waals surface area contributed by atoms with E-state index in [1.807, 2.05) is 10.6 Å². The molecule has 2 amide bonds. The molecule has 0 radical (unpaired) electrons. The molecule has 20 heavy (non-hydrogen) atoms. The summed E-state index contributed by atoms with van der Waals surface area (Å²) in [5.41, 5.74) is -2.21. The molecule has 1 heterocycles. The van der Waals surface area contributed by atoms with E-state index in [1.165, 1.54) is 6.07 Å². The molecular formula is C11H11F3N2O3S. The van der Waals surface area contributed by atoms with Crippen molar-refractivity contribution in [3.05, 3.63) is 22.4 Å². The molecule has 0 aliphatic heterocycles. The van der Waals surface area contributed by atoms with E-state index in [0.717, 1.165) is 11.3 Å². The van der Waals surface area contributed by atoms with Gasteiger partial charge in [-0.1, -0.05) is 6.07 Å². The van der Waals surface area contributed by atoms with Gasteiger partial charge in [0.05, 0.1) is 0 Å². The number of carbonyl (C=O) groups is 2. The SMILES string of the molecule is O=C(NC(C(=O)O)c1cccs1)NC1(C(F)(F)F)CC1. The van der Waals surface area contributed by atoms with Crippen molar-refractivity contribution in [1.29, 1.82) is 0 Å². The monoisotopic (exact) mass is 308 g/mol. The molecular weight excluding hydrogens is 297 g/mol. The maximum Gasteiger partial charge on any atom is 0.411 e. The van der Waals surface area contributed by atoms with Gasteiger partial charge >= 0.3 is 18.2 Å². The molecule has 3 N–H and O–H groups in total. The molecule has 1 fully saturated rings. The van der Waals surface area contributed by atoms with Crippen LogP contribution in [0.1, 0.15) is 23.8 Å². The minimum Gasteiger partial charge on any atom is -0.479 e. The number of hydrogen-bond acceptors (Lipinski definition) is 3. The predicted molar refractivity (Wildman–Crippen MR) is 64.4 cm³/mol. The fourth-order valence-electron chi connectivity index (χ4n) is 1.70. The Morgan fingerprint density at radius 1 is 1.40 bits per heavy atom. The molecule has 1 aromatic heterocycles. The van der Waals surface area contributed by atoms with Gasteiger partial charge < -0.3 is 15.7 Å². The van der Waals surface area contributed by atoms with Crippen LogP contribution in [0.4, 0.5) is 18.0 Å². The lowest BCUT2D eigenvalue weighted by Crippen LogP contribution is -2.52. The fourth-order valence-corrected chi connectivity index (χ4v) is 2.47. The fraction of sp³-hybridized carbons (Fsp3) is 0.455. The van der Waals surface area contributed by atoms with Gasteiger partial charge in [-0.15, -0.1) is 11.3 Å². The Balaban J connectivity index is 2.02. The first kappa shape index (κ1) is 14.6. The Hall–Kier alpha value is -1.77. The molecule has 9 heteroatoms. The predicted octanol–water partition coefficient (Wildman–Crippen LogP) is 2.27. The van der Waals surface area contributed by atoms with Crippen LogP contribution in [0, 0.1) is 0 Å². The molecule has 1 atom stereocenters. The Bertz CT molecular complexity index is 511. The summed E-state index contributed by atoms with van der Waals surface area (Å²) < 4.78 is 38.0. The summed E-state index contributed by atoms with van der Waals surface area (Å²) in [6, 6.07) is 0.577. The third-order valence-corrected chi connectivity index (χ3v) is 3.93. The van der Waals surface area contributed by atoms with Gasteiger partial charge in [0.15, 0.2) is 6.04 Å². The van der Waals surface area contributed by atoms with Gasteiger partial charge in [0, 0.05) is 4.88 Å². The summed E-state index contributed by atoms with van der Waals surface area (Å²) in [6.45, 7) is 0. The summed E-state index contributed by atoms with van der Waals surface area (Å²) >= 11 is 1.09. The number of hydrogen-bond donors (Lipinski definition) is 3. The number of halogens is 3. The maximum atomic E-state index is 12.7. The van der Waals surface area contributed by atoms with Crippen LogP contribution in [0.2, 0.25) is 0 Å². The number of urea groups is 1. The van der Waals surface area contributed by atoms with Crippen LogP contribution < -0.4 is 10.6 Å². The Morgan fingerprint density at radius 3 is 2.45 bits per heavy atom. The van der Waals surface area contributed by atoms with E-state index in [1.54, 1.807) is 11.4 Å². The Labute approximate surface area is 115 Å². The van der Waals surface area contributed by atoms with E-state index in [2.05, 4.69) is 0 Å². The van der Waals surface area contributed by atoms with Crippen molar-refractivity contribution < 1.29 is 27.9 Å². The second kappa shape index (κ2) is 4.97. The summed E-state index contributed by atoms with van der Waals surface area (Å²) in [7, 11) is 0. The maximum absolute atomic E-state index is 12.7. The number of nitrogens with one attached hydrogen (secondary N) is 2. The number of alkyl halides is 3. The molecule has 0 bridgehead atoms. The summed E-state index contributed by atoms with van der Waals surface area (Å²) in [4.78, 5) is 23.0. The van der Waals surface area contributed by atoms with E-state index < -0.39 is 29.8 Å². The minimum absolute atomic E-state index is 0.194. The number of carboxylic acids is 1. The van der Waals surface area contributed by atoms with Crippen molar-refractivity contribution in [2.75, 3.05) is 0 Å². The quantitative estimate of drug-likeness (QED) is 0.798. The summed E-state index contributed by atoms with van der Waals surface area (Å²) in [5.74, 6) is -1.33. The molecule has 110 valence electrons. The van der Waals surface area contributed by atoms with Gasteiger partial charge in [0.2, 0.25) is 0 Å². The molecule has 5 nitrogen and oxygen atoms in total. The third-order valence-electron chi connectivity index (χ3n) is 3.00. The molecule has 1 unspecified atom stereocenters. The lowest BCUT2D eigenvalue weighted by molar-refractivity contribution is -0.162. The Morgan fingerprint density at radius 2 is 2.05 bits per heavy atom. The number of thiophene rings is 1. The zero-order valence-electron chi connectivity index (χ0n) is 10.0. The number of aliphatic carboxylic acids is 1. The summed E-state index contributed by atoms with van der Waals surface area (Å²) in [5, 5.41) is 14.5. The van der Waals surface area contributed by atoms with Crippen molar-refractivity contribution in [2.45, 2.75) is 30.6 Å². The molecule has 1 aromatic rings. The molecule has 0 saturated heterocycles. The van der Waals surface area contributed by atoms with Crippen molar-refractivity contribution in [3.8, 4) is 0 Å². The highest BCUT2D eigenvalue weighted by molar-refractivity contribution is 7.10. The average molecular weight is 308 g/mol. The third kappa shape index (κ3) is 2.87. The zero-order valence-corrected chi connectivity index (χ0v) is 10.8. The summed E-state index contributed by atoms with van der Waals surface area (Å²) in [6.07, 6.45) is -4.92. The molecule has 1 aliphatic rings. The van der Waals surface area contributed by atoms with Crippen LogP contribution in [0.5, 0.6) is 0 Å². The first-order chi connectivity index (χ1) is 9.25. The van der Waals surface area contributed by atoms with Crippen LogP contribution in [-0.4, -0.2) is 28.8 Å². The van der Waals surface area contributed by atoms with E-state index in [9.17, 15) is 22.8 Å². The Kier molecular flexibility index (Phi) is 3.63. The molecule has 2 rings (SSSR count). The normalized spacial score (nSPS) is 18.1. The number of amides is 2. The standard InChI is InChI=1S/C11H11F3N2O3S/c12-11(13,14)10(3-4-10)16-9(19)15-7(8(17)18)6-2-1-5-20-6/h1-2,5,7H,3-4H2,(H,17,18)(H2,15,16,19). The lowest BCUT2D eigenvalue weighted by atomic mass is 10.2. The largest absolute Gasteiger partial charge is 0.479 e. The van der Waals surface area contributed by atoms with Crippen LogP contribution >= 0.6 is 11.3 Å². The smallest absolute Gasteiger partial charge is 0.411 e. The average Bonchev–Trinajstić information content (AvgIpc) is 2.91. The van der Waals surface area contributed by atoms with Gasteiger partial charge in [0.25, 0.3) is 0 Å².